The molecule has 0 bridgehead atoms. The van der Waals surface area contributed by atoms with Gasteiger partial charge in [0.05, 0.1) is 6.04 Å². The van der Waals surface area contributed by atoms with Gasteiger partial charge in [-0.1, -0.05) is 18.2 Å². The Morgan fingerprint density at radius 3 is 2.53 bits per heavy atom. The molecule has 1 saturated heterocycles. The minimum Gasteiger partial charge on any atom is -0.349 e. The molecular weight excluding hydrogens is 423 g/mol. The number of halogens is 3. The van der Waals surface area contributed by atoms with Crippen LogP contribution in [0.25, 0.3) is 0 Å². The summed E-state index contributed by atoms with van der Waals surface area (Å²) in [6.45, 7) is 0. The number of benzene rings is 2. The monoisotopic (exact) mass is 441 g/mol. The van der Waals surface area contributed by atoms with E-state index in [4.69, 9.17) is 0 Å². The highest BCUT2D eigenvalue weighted by Crippen LogP contribution is 2.28. The van der Waals surface area contributed by atoms with Gasteiger partial charge >= 0.3 is 6.18 Å². The molecule has 0 saturated carbocycles. The number of alkyl halides is 3. The third-order valence-electron chi connectivity index (χ3n) is 4.89. The zero-order chi connectivity index (χ0) is 22.7. The fourth-order valence-corrected chi connectivity index (χ4v) is 3.31. The molecule has 2 heterocycles. The Balaban J connectivity index is 1.43. The maximum atomic E-state index is 12.8. The number of carbonyl (C=O) groups excluding carboxylic acids is 2. The highest BCUT2D eigenvalue weighted by atomic mass is 19.4. The molecule has 1 unspecified atom stereocenters. The molecule has 0 radical (unpaired) electrons. The topological polar surface area (TPSA) is 96.0 Å². The van der Waals surface area contributed by atoms with Crippen LogP contribution in [0, 0.1) is 0 Å². The molecule has 1 aliphatic rings. The molecule has 1 aliphatic heterocycles. The molecule has 7 nitrogen and oxygen atoms in total. The lowest BCUT2D eigenvalue weighted by atomic mass is 10.1. The van der Waals surface area contributed by atoms with Crippen LogP contribution in [-0.4, -0.2) is 21.8 Å². The first-order valence-electron chi connectivity index (χ1n) is 9.76. The molecule has 1 fully saturated rings. The highest BCUT2D eigenvalue weighted by Gasteiger charge is 2.32. The second kappa shape index (κ2) is 8.66. The van der Waals surface area contributed by atoms with E-state index in [2.05, 4.69) is 25.9 Å². The maximum absolute atomic E-state index is 12.8. The predicted octanol–water partition coefficient (Wildman–Crippen LogP) is 4.44. The Bertz CT molecular complexity index is 1150. The van der Waals surface area contributed by atoms with Crippen molar-refractivity contribution in [3.63, 3.8) is 0 Å². The zero-order valence-corrected chi connectivity index (χ0v) is 16.6. The molecule has 3 N–H and O–H groups in total. The number of nitrogens with zero attached hydrogens (tertiary/aromatic N) is 2. The van der Waals surface area contributed by atoms with Gasteiger partial charge in [-0.15, -0.1) is 0 Å². The van der Waals surface area contributed by atoms with Gasteiger partial charge < -0.3 is 16.0 Å². The molecule has 2 aromatic carbocycles. The molecule has 1 aromatic heterocycles. The molecular formula is C22H18F3N5O2. The van der Waals surface area contributed by atoms with Crippen molar-refractivity contribution in [3.05, 3.63) is 77.6 Å². The molecule has 3 aromatic rings. The first-order valence-corrected chi connectivity index (χ1v) is 9.76. The van der Waals surface area contributed by atoms with E-state index in [-0.39, 0.29) is 23.8 Å². The van der Waals surface area contributed by atoms with Gasteiger partial charge in [-0.05, 0) is 48.4 Å². The molecule has 32 heavy (non-hydrogen) atoms. The average molecular weight is 441 g/mol. The van der Waals surface area contributed by atoms with Crippen LogP contribution in [-0.2, 0) is 11.0 Å². The minimum atomic E-state index is -4.58. The summed E-state index contributed by atoms with van der Waals surface area (Å²) in [5, 5.41) is 8.34. The van der Waals surface area contributed by atoms with Crippen LogP contribution in [0.4, 0.5) is 30.5 Å². The van der Waals surface area contributed by atoms with E-state index >= 15 is 0 Å². The SMILES string of the molecule is O=C1CCC(c2ccc(NC(=O)c3cccc(Nc4nccc(C(F)(F)F)n4)c3)cc2)N1. The van der Waals surface area contributed by atoms with Gasteiger partial charge in [0.25, 0.3) is 5.91 Å². The smallest absolute Gasteiger partial charge is 0.349 e. The van der Waals surface area contributed by atoms with Crippen molar-refractivity contribution < 1.29 is 22.8 Å². The highest BCUT2D eigenvalue weighted by molar-refractivity contribution is 6.04. The van der Waals surface area contributed by atoms with E-state index < -0.39 is 11.9 Å². The Hall–Kier alpha value is -3.95. The van der Waals surface area contributed by atoms with Gasteiger partial charge in [-0.2, -0.15) is 13.2 Å². The summed E-state index contributed by atoms with van der Waals surface area (Å²) in [6.07, 6.45) is -2.34. The van der Waals surface area contributed by atoms with Gasteiger partial charge in [0.1, 0.15) is 5.69 Å². The van der Waals surface area contributed by atoms with E-state index in [1.165, 1.54) is 6.07 Å². The van der Waals surface area contributed by atoms with E-state index in [9.17, 15) is 22.8 Å². The van der Waals surface area contributed by atoms with Gasteiger partial charge in [0, 0.05) is 29.6 Å². The fourth-order valence-electron chi connectivity index (χ4n) is 3.31. The lowest BCUT2D eigenvalue weighted by Gasteiger charge is -2.12. The van der Waals surface area contributed by atoms with Crippen molar-refractivity contribution in [2.75, 3.05) is 10.6 Å². The van der Waals surface area contributed by atoms with Crippen molar-refractivity contribution >= 4 is 29.1 Å². The van der Waals surface area contributed by atoms with Crippen molar-refractivity contribution in [1.29, 1.82) is 0 Å². The van der Waals surface area contributed by atoms with Crippen molar-refractivity contribution in [1.82, 2.24) is 15.3 Å². The summed E-state index contributed by atoms with van der Waals surface area (Å²) >= 11 is 0. The van der Waals surface area contributed by atoms with Gasteiger partial charge in [0.2, 0.25) is 11.9 Å². The minimum absolute atomic E-state index is 0.0203. The number of hydrogen-bond acceptors (Lipinski definition) is 5. The van der Waals surface area contributed by atoms with E-state index in [0.717, 1.165) is 24.2 Å². The maximum Gasteiger partial charge on any atom is 0.433 e. The van der Waals surface area contributed by atoms with E-state index in [1.807, 2.05) is 12.1 Å². The van der Waals surface area contributed by atoms with Crippen LogP contribution >= 0.6 is 0 Å². The van der Waals surface area contributed by atoms with Crippen LogP contribution in [0.1, 0.15) is 40.5 Å². The number of nitrogens with one attached hydrogen (secondary N) is 3. The second-order valence-electron chi connectivity index (χ2n) is 7.20. The first kappa shape index (κ1) is 21.3. The number of anilines is 3. The van der Waals surface area contributed by atoms with Crippen LogP contribution in [0.5, 0.6) is 0 Å². The third-order valence-corrected chi connectivity index (χ3v) is 4.89. The molecule has 4 rings (SSSR count). The summed E-state index contributed by atoms with van der Waals surface area (Å²) in [7, 11) is 0. The third kappa shape index (κ3) is 5.02. The summed E-state index contributed by atoms with van der Waals surface area (Å²) in [6, 6.07) is 14.2. The zero-order valence-electron chi connectivity index (χ0n) is 16.6. The molecule has 1 atom stereocenters. The lowest BCUT2D eigenvalue weighted by molar-refractivity contribution is -0.141. The normalized spacial score (nSPS) is 15.8. The quantitative estimate of drug-likeness (QED) is 0.544. The summed E-state index contributed by atoms with van der Waals surface area (Å²) in [5.74, 6) is -0.594. The summed E-state index contributed by atoms with van der Waals surface area (Å²) < 4.78 is 38.5. The molecule has 0 aliphatic carbocycles. The van der Waals surface area contributed by atoms with Crippen molar-refractivity contribution in [2.24, 2.45) is 0 Å². The van der Waals surface area contributed by atoms with Crippen LogP contribution < -0.4 is 16.0 Å². The van der Waals surface area contributed by atoms with Crippen LogP contribution in [0.3, 0.4) is 0 Å². The Morgan fingerprint density at radius 2 is 1.84 bits per heavy atom. The Kier molecular flexibility index (Phi) is 5.76. The average Bonchev–Trinajstić information content (AvgIpc) is 3.20. The molecule has 10 heteroatoms. The van der Waals surface area contributed by atoms with Crippen molar-refractivity contribution in [2.45, 2.75) is 25.1 Å². The second-order valence-corrected chi connectivity index (χ2v) is 7.20. The first-order chi connectivity index (χ1) is 15.3. The molecule has 164 valence electrons. The Morgan fingerprint density at radius 1 is 1.06 bits per heavy atom. The fraction of sp³-hybridized carbons (Fsp3) is 0.182. The number of hydrogen-bond donors (Lipinski definition) is 3. The lowest BCUT2D eigenvalue weighted by Crippen LogP contribution is -2.18. The largest absolute Gasteiger partial charge is 0.433 e. The number of aromatic nitrogens is 2. The van der Waals surface area contributed by atoms with Gasteiger partial charge in [0.15, 0.2) is 0 Å². The van der Waals surface area contributed by atoms with E-state index in [1.54, 1.807) is 30.3 Å². The van der Waals surface area contributed by atoms with E-state index in [0.29, 0.717) is 23.4 Å². The standard InChI is InChI=1S/C22H18F3N5O2/c23-22(24,25)18-10-11-26-21(30-18)28-16-3-1-2-14(12-16)20(32)27-15-6-4-13(5-7-15)17-8-9-19(31)29-17/h1-7,10-12,17H,8-9H2,(H,27,32)(H,29,31)(H,26,28,30). The summed E-state index contributed by atoms with van der Waals surface area (Å²) in [5.41, 5.74) is 1.13. The number of amides is 2. The number of carbonyl (C=O) groups is 2. The van der Waals surface area contributed by atoms with Crippen molar-refractivity contribution in [3.8, 4) is 0 Å². The number of rotatable bonds is 5. The molecule has 0 spiro atoms. The van der Waals surface area contributed by atoms with Crippen LogP contribution in [0.15, 0.2) is 60.8 Å². The summed E-state index contributed by atoms with van der Waals surface area (Å²) in [4.78, 5) is 31.2. The van der Waals surface area contributed by atoms with Crippen LogP contribution in [0.2, 0.25) is 0 Å². The van der Waals surface area contributed by atoms with Gasteiger partial charge in [-0.3, -0.25) is 9.59 Å². The predicted molar refractivity (Wildman–Crippen MR) is 111 cm³/mol. The van der Waals surface area contributed by atoms with Gasteiger partial charge in [-0.25, -0.2) is 9.97 Å². The Labute approximate surface area is 181 Å². The molecule has 2 amide bonds.